The zero-order valence-corrected chi connectivity index (χ0v) is 14.1. The third-order valence-corrected chi connectivity index (χ3v) is 4.80. The Morgan fingerprint density at radius 2 is 1.79 bits per heavy atom. The predicted octanol–water partition coefficient (Wildman–Crippen LogP) is 2.50. The average molecular weight is 323 g/mol. The van der Waals surface area contributed by atoms with Crippen LogP contribution in [0.15, 0.2) is 60.7 Å². The van der Waals surface area contributed by atoms with E-state index in [0.29, 0.717) is 12.5 Å². The molecule has 1 heterocycles. The molecular weight excluding hydrogens is 298 g/mol. The predicted molar refractivity (Wildman–Crippen MR) is 97.8 cm³/mol. The first kappa shape index (κ1) is 16.5. The lowest BCUT2D eigenvalue weighted by atomic mass is 9.92. The van der Waals surface area contributed by atoms with Crippen LogP contribution in [0, 0.1) is 5.92 Å². The molecule has 2 aromatic rings. The van der Waals surface area contributed by atoms with Crippen LogP contribution in [0.4, 0.5) is 5.69 Å². The summed E-state index contributed by atoms with van der Waals surface area (Å²) in [5.74, 6) is 0.340. The van der Waals surface area contributed by atoms with Crippen molar-refractivity contribution in [1.82, 2.24) is 5.32 Å². The third kappa shape index (κ3) is 3.60. The van der Waals surface area contributed by atoms with E-state index in [2.05, 4.69) is 34.5 Å². The minimum atomic E-state index is -1.00. The lowest BCUT2D eigenvalue weighted by Crippen LogP contribution is -2.50. The summed E-state index contributed by atoms with van der Waals surface area (Å²) in [6, 6.07) is 19.9. The van der Waals surface area contributed by atoms with E-state index in [1.54, 1.807) is 6.92 Å². The highest BCUT2D eigenvalue weighted by molar-refractivity contribution is 5.87. The molecular formula is C20H25N3O. The first-order valence-corrected chi connectivity index (χ1v) is 8.50. The van der Waals surface area contributed by atoms with E-state index >= 15 is 0 Å². The maximum absolute atomic E-state index is 12.5. The maximum atomic E-state index is 12.5. The number of carbonyl (C=O) groups excluding carboxylic acids is 1. The number of nitrogens with two attached hydrogens (primary N) is 1. The van der Waals surface area contributed by atoms with Crippen LogP contribution in [-0.4, -0.2) is 25.5 Å². The number of anilines is 1. The lowest BCUT2D eigenvalue weighted by molar-refractivity contribution is -0.126. The first-order valence-electron chi connectivity index (χ1n) is 8.50. The molecule has 0 aliphatic carbocycles. The van der Waals surface area contributed by atoms with Crippen LogP contribution in [0.3, 0.4) is 0 Å². The number of rotatable bonds is 5. The highest BCUT2D eigenvalue weighted by Gasteiger charge is 2.31. The Balaban J connectivity index is 1.54. The van der Waals surface area contributed by atoms with Crippen molar-refractivity contribution in [3.05, 3.63) is 66.2 Å². The minimum Gasteiger partial charge on any atom is -0.371 e. The summed E-state index contributed by atoms with van der Waals surface area (Å²) in [6.45, 7) is 4.43. The van der Waals surface area contributed by atoms with Gasteiger partial charge in [0.2, 0.25) is 5.91 Å². The Bertz CT molecular complexity index is 670. The summed E-state index contributed by atoms with van der Waals surface area (Å²) < 4.78 is 0. The van der Waals surface area contributed by atoms with Gasteiger partial charge in [0, 0.05) is 25.3 Å². The van der Waals surface area contributed by atoms with Gasteiger partial charge in [0.1, 0.15) is 5.54 Å². The molecule has 0 saturated carbocycles. The maximum Gasteiger partial charge on any atom is 0.244 e. The highest BCUT2D eigenvalue weighted by atomic mass is 16.2. The summed E-state index contributed by atoms with van der Waals surface area (Å²) in [5.41, 5.74) is 7.34. The largest absolute Gasteiger partial charge is 0.371 e. The monoisotopic (exact) mass is 323 g/mol. The van der Waals surface area contributed by atoms with Crippen LogP contribution in [0.25, 0.3) is 0 Å². The zero-order chi connectivity index (χ0) is 17.0. The Labute approximate surface area is 143 Å². The van der Waals surface area contributed by atoms with Crippen LogP contribution in [0.1, 0.15) is 18.9 Å². The molecule has 0 bridgehead atoms. The minimum absolute atomic E-state index is 0.119. The van der Waals surface area contributed by atoms with Gasteiger partial charge in [0.15, 0.2) is 0 Å². The normalized spacial score (nSPS) is 19.8. The fourth-order valence-electron chi connectivity index (χ4n) is 3.21. The molecule has 1 aliphatic heterocycles. The standard InChI is InChI=1S/C20H25N3O/c1-20(21,17-8-4-2-5-9-17)19(24)22-14-16-12-13-23(15-16)18-10-6-3-7-11-18/h2-11,16H,12-15,21H2,1H3,(H,22,24). The topological polar surface area (TPSA) is 58.4 Å². The second-order valence-corrected chi connectivity index (χ2v) is 6.71. The van der Waals surface area contributed by atoms with Gasteiger partial charge < -0.3 is 16.0 Å². The summed E-state index contributed by atoms with van der Waals surface area (Å²) in [5, 5.41) is 3.04. The molecule has 1 aliphatic rings. The summed E-state index contributed by atoms with van der Waals surface area (Å²) in [7, 11) is 0. The lowest BCUT2D eigenvalue weighted by Gasteiger charge is -2.25. The summed E-state index contributed by atoms with van der Waals surface area (Å²) in [6.07, 6.45) is 1.09. The van der Waals surface area contributed by atoms with Crippen LogP contribution in [-0.2, 0) is 10.3 Å². The zero-order valence-electron chi connectivity index (χ0n) is 14.1. The molecule has 1 fully saturated rings. The van der Waals surface area contributed by atoms with Crippen LogP contribution in [0.2, 0.25) is 0 Å². The van der Waals surface area contributed by atoms with Crippen molar-refractivity contribution < 1.29 is 4.79 Å². The van der Waals surface area contributed by atoms with Gasteiger partial charge in [-0.05, 0) is 37.0 Å². The van der Waals surface area contributed by atoms with Crippen LogP contribution in [0.5, 0.6) is 0 Å². The van der Waals surface area contributed by atoms with Gasteiger partial charge in [-0.15, -0.1) is 0 Å². The Kier molecular flexibility index (Phi) is 4.86. The molecule has 0 spiro atoms. The number of nitrogens with zero attached hydrogens (tertiary/aromatic N) is 1. The number of nitrogens with one attached hydrogen (secondary N) is 1. The van der Waals surface area contributed by atoms with Gasteiger partial charge in [-0.2, -0.15) is 0 Å². The van der Waals surface area contributed by atoms with Crippen molar-refractivity contribution >= 4 is 11.6 Å². The number of carbonyl (C=O) groups is 1. The average Bonchev–Trinajstić information content (AvgIpc) is 3.10. The highest BCUT2D eigenvalue weighted by Crippen LogP contribution is 2.23. The molecule has 4 nitrogen and oxygen atoms in total. The van der Waals surface area contributed by atoms with Crippen molar-refractivity contribution in [3.8, 4) is 0 Å². The number of amides is 1. The smallest absolute Gasteiger partial charge is 0.244 e. The molecule has 2 atom stereocenters. The SMILES string of the molecule is CC(N)(C(=O)NCC1CCN(c2ccccc2)C1)c1ccccc1. The second kappa shape index (κ2) is 7.05. The second-order valence-electron chi connectivity index (χ2n) is 6.71. The molecule has 126 valence electrons. The fraction of sp³-hybridized carbons (Fsp3) is 0.350. The van der Waals surface area contributed by atoms with E-state index in [0.717, 1.165) is 25.1 Å². The Morgan fingerprint density at radius 1 is 1.17 bits per heavy atom. The number of para-hydroxylation sites is 1. The van der Waals surface area contributed by atoms with E-state index < -0.39 is 5.54 Å². The number of benzene rings is 2. The number of hydrogen-bond donors (Lipinski definition) is 2. The van der Waals surface area contributed by atoms with Gasteiger partial charge in [0.25, 0.3) is 0 Å². The fourth-order valence-corrected chi connectivity index (χ4v) is 3.21. The molecule has 2 aromatic carbocycles. The van der Waals surface area contributed by atoms with Crippen molar-refractivity contribution in [2.75, 3.05) is 24.5 Å². The molecule has 1 saturated heterocycles. The molecule has 1 amide bonds. The van der Waals surface area contributed by atoms with Crippen molar-refractivity contribution in [2.45, 2.75) is 18.9 Å². The third-order valence-electron chi connectivity index (χ3n) is 4.80. The van der Waals surface area contributed by atoms with Gasteiger partial charge in [0.05, 0.1) is 0 Å². The molecule has 0 radical (unpaired) electrons. The quantitative estimate of drug-likeness (QED) is 0.889. The van der Waals surface area contributed by atoms with E-state index in [-0.39, 0.29) is 5.91 Å². The van der Waals surface area contributed by atoms with E-state index in [1.807, 2.05) is 36.4 Å². The van der Waals surface area contributed by atoms with Gasteiger partial charge in [-0.25, -0.2) is 0 Å². The van der Waals surface area contributed by atoms with Crippen molar-refractivity contribution in [1.29, 1.82) is 0 Å². The van der Waals surface area contributed by atoms with Crippen molar-refractivity contribution in [3.63, 3.8) is 0 Å². The molecule has 24 heavy (non-hydrogen) atoms. The molecule has 2 unspecified atom stereocenters. The van der Waals surface area contributed by atoms with E-state index in [4.69, 9.17) is 5.73 Å². The van der Waals surface area contributed by atoms with Crippen LogP contribution >= 0.6 is 0 Å². The number of hydrogen-bond acceptors (Lipinski definition) is 3. The Hall–Kier alpha value is -2.33. The first-order chi connectivity index (χ1) is 11.6. The van der Waals surface area contributed by atoms with Crippen LogP contribution < -0.4 is 16.0 Å². The van der Waals surface area contributed by atoms with Gasteiger partial charge >= 0.3 is 0 Å². The van der Waals surface area contributed by atoms with E-state index in [1.165, 1.54) is 5.69 Å². The molecule has 0 aromatic heterocycles. The molecule has 3 N–H and O–H groups in total. The summed E-state index contributed by atoms with van der Waals surface area (Å²) >= 11 is 0. The van der Waals surface area contributed by atoms with Crippen molar-refractivity contribution in [2.24, 2.45) is 11.7 Å². The Morgan fingerprint density at radius 3 is 2.46 bits per heavy atom. The molecule has 3 rings (SSSR count). The van der Waals surface area contributed by atoms with Gasteiger partial charge in [-0.3, -0.25) is 4.79 Å². The van der Waals surface area contributed by atoms with Gasteiger partial charge in [-0.1, -0.05) is 48.5 Å². The summed E-state index contributed by atoms with van der Waals surface area (Å²) in [4.78, 5) is 14.9. The van der Waals surface area contributed by atoms with E-state index in [9.17, 15) is 4.79 Å². The molecule has 4 heteroatoms.